The second-order valence-corrected chi connectivity index (χ2v) is 23.3. The maximum Gasteiger partial charge on any atom is 0.373 e. The summed E-state index contributed by atoms with van der Waals surface area (Å²) in [7, 11) is 0. The minimum atomic E-state index is -1.31. The lowest BCUT2D eigenvalue weighted by molar-refractivity contribution is -0.193. The first kappa shape index (κ1) is 115. The molecule has 0 saturated heterocycles. The molecular formula is C68H88F4N20O32. The van der Waals surface area contributed by atoms with Crippen LogP contribution in [-0.4, -0.2) is 277 Å². The van der Waals surface area contributed by atoms with Gasteiger partial charge in [-0.1, -0.05) is 0 Å². The van der Waals surface area contributed by atoms with Gasteiger partial charge in [-0.05, 0) is 103 Å². The van der Waals surface area contributed by atoms with Gasteiger partial charge in [0.15, 0.2) is 11.5 Å². The normalized spacial score (nSPS) is 10.5. The monoisotopic (exact) mass is 1770 g/mol. The first-order valence-electron chi connectivity index (χ1n) is 35.8. The lowest BCUT2D eigenvalue weighted by Gasteiger charge is -2.14. The van der Waals surface area contributed by atoms with Crippen LogP contribution in [0.25, 0.3) is 0 Å². The highest BCUT2D eigenvalue weighted by molar-refractivity contribution is 5.93. The van der Waals surface area contributed by atoms with Gasteiger partial charge in [0, 0.05) is 103 Å². The molecule has 4 aromatic rings. The number of carboxylic acids is 8. The van der Waals surface area contributed by atoms with Gasteiger partial charge in [-0.15, -0.1) is 0 Å². The Bertz CT molecular complexity index is 3980. The summed E-state index contributed by atoms with van der Waals surface area (Å²) >= 11 is 0. The van der Waals surface area contributed by atoms with Crippen molar-refractivity contribution in [3.63, 3.8) is 0 Å². The third-order valence-electron chi connectivity index (χ3n) is 14.1. The molecule has 124 heavy (non-hydrogen) atoms. The summed E-state index contributed by atoms with van der Waals surface area (Å²) in [6.45, 7) is 2.43. The average Bonchev–Trinajstić information content (AvgIpc) is 0.889. The van der Waals surface area contributed by atoms with Gasteiger partial charge >= 0.3 is 96.5 Å². The molecule has 4 aromatic heterocycles. The first-order chi connectivity index (χ1) is 58.8. The molecule has 0 radical (unpaired) electrons. The lowest BCUT2D eigenvalue weighted by atomic mass is 10.1. The van der Waals surface area contributed by atoms with Gasteiger partial charge in [0.05, 0.1) is 24.8 Å². The zero-order chi connectivity index (χ0) is 94.6. The van der Waals surface area contributed by atoms with Crippen LogP contribution in [-0.2, 0) is 76.7 Å². The summed E-state index contributed by atoms with van der Waals surface area (Å²) in [4.78, 5) is 272. The van der Waals surface area contributed by atoms with Crippen LogP contribution in [0.2, 0.25) is 0 Å². The SMILES string of the molecule is O=C(O)CC[C@H](NC(=O)NCCCCCNC(=O)c1cnc([18F])cn1)C(=O)O.O=C(O)CC[C@H](NC(=O)NCCCCCNC(=O)c1ncc([18F])cn1)C(=O)O.O=C(O)CC[C@H](NC(=O)NCCCCCNC(=O)c1nccc([18F])n1)C(=O)O.O=C(O)CC[C@H](NC(=O)NCCCCCNC(=O)c1nccnc1[18F])C(=O)O.O=C=O.O=C=O.O=C=O.O=C=O. The van der Waals surface area contributed by atoms with Crippen molar-refractivity contribution in [3.8, 4) is 0 Å². The largest absolute Gasteiger partial charge is 0.481 e. The number of hydrogen-bond acceptors (Lipinski definition) is 32. The van der Waals surface area contributed by atoms with Crippen molar-refractivity contribution in [2.24, 2.45) is 0 Å². The molecule has 20 N–H and O–H groups in total. The van der Waals surface area contributed by atoms with Crippen LogP contribution in [0.15, 0.2) is 49.4 Å². The van der Waals surface area contributed by atoms with Crippen LogP contribution >= 0.6 is 0 Å². The quantitative estimate of drug-likeness (QED) is 0.0132. The fourth-order valence-corrected chi connectivity index (χ4v) is 8.37. The molecule has 0 saturated carbocycles. The van der Waals surface area contributed by atoms with Crippen molar-refractivity contribution in [1.29, 1.82) is 0 Å². The van der Waals surface area contributed by atoms with E-state index in [-0.39, 0.29) is 132 Å². The topological polar surface area (TPSA) is 819 Å². The number of aromatic nitrogens is 8. The number of hydrogen-bond donors (Lipinski definition) is 20. The Kier molecular flexibility index (Phi) is 68.1. The van der Waals surface area contributed by atoms with Crippen molar-refractivity contribution in [2.75, 3.05) is 52.4 Å². The van der Waals surface area contributed by atoms with E-state index in [1.165, 1.54) is 6.20 Å². The molecule has 56 heteroatoms. The number of nitrogens with one attached hydrogen (secondary N) is 12. The molecular weight excluding hydrogens is 1680 g/mol. The fraction of sp³-hybridized carbons (Fsp3) is 0.471. The summed E-state index contributed by atoms with van der Waals surface area (Å²) < 4.78 is 51.5. The second kappa shape index (κ2) is 73.6. The minimum Gasteiger partial charge on any atom is -0.481 e. The summed E-state index contributed by atoms with van der Waals surface area (Å²) in [5.74, 6) is -15.6. The number of carbonyl (C=O) groups excluding carboxylic acids is 16. The molecule has 0 bridgehead atoms. The van der Waals surface area contributed by atoms with Gasteiger partial charge in [0.2, 0.25) is 29.5 Å². The molecule has 0 aromatic carbocycles. The van der Waals surface area contributed by atoms with Crippen molar-refractivity contribution >= 4 is 120 Å². The van der Waals surface area contributed by atoms with E-state index in [0.29, 0.717) is 96.7 Å². The highest BCUT2D eigenvalue weighted by Gasteiger charge is 2.25. The Morgan fingerprint density at radius 1 is 0.306 bits per heavy atom. The number of rotatable bonds is 48. The van der Waals surface area contributed by atoms with Crippen molar-refractivity contribution in [2.45, 2.75) is 153 Å². The molecule has 0 aliphatic rings. The Morgan fingerprint density at radius 3 is 0.879 bits per heavy atom. The first-order valence-corrected chi connectivity index (χ1v) is 35.8. The van der Waals surface area contributed by atoms with E-state index in [1.54, 1.807) is 0 Å². The van der Waals surface area contributed by atoms with Crippen LogP contribution in [0.5, 0.6) is 0 Å². The molecule has 4 rings (SSSR count). The number of halogens is 4. The van der Waals surface area contributed by atoms with Crippen molar-refractivity contribution < 1.29 is 173 Å². The number of carboxylic acid groups (broad SMARTS) is 8. The van der Waals surface area contributed by atoms with E-state index in [9.17, 15) is 94.3 Å². The standard InChI is InChI=1S/4C16H22FN5O6.4CO2/c17-11-6-9-18-13(22-11)14(25)19-7-2-1-3-8-20-16(28)21-10(15(26)27)4-5-12(23)24;17-10-8-20-13(21-9-10)14(25)18-6-2-1-3-7-19-16(28)22-11(15(26)27)4-5-12(23)24;17-12-9-20-11(8-21-12)14(25)18-6-2-1-3-7-19-16(28)22-10(15(26)27)4-5-13(23)24;17-13-12(18-8-9-19-13)14(25)20-6-2-1-3-7-21-16(28)22-10(15(26)27)4-5-11(23)24;4*2-1-3/h6,9-10H,1-5,7-8H2,(H,19,25)(H,23,24)(H,26,27)(H2,20,21,28);8-9,11H,1-7H2,(H,18,25)(H,23,24)(H,26,27)(H2,19,22,28);8-10H,1-7H2,(H,18,25)(H,23,24)(H,26,27)(H2,19,22,28);8-10H,1-7H2,(H,20,25)(H,23,24)(H,26,27)(H2,21,22,28);;;;/t10-;11-;2*10-;;;;/m0000..../s1/i4*17-1;;;;. The molecule has 0 aliphatic heterocycles. The number of carbonyl (C=O) groups is 16. The molecule has 0 fully saturated rings. The highest BCUT2D eigenvalue weighted by atomic mass is 18.2. The van der Waals surface area contributed by atoms with E-state index < -0.39 is 143 Å². The number of amides is 12. The van der Waals surface area contributed by atoms with E-state index >= 15 is 0 Å². The second-order valence-electron chi connectivity index (χ2n) is 23.3. The summed E-state index contributed by atoms with van der Waals surface area (Å²) in [6.07, 6.45) is 13.2. The van der Waals surface area contributed by atoms with Crippen molar-refractivity contribution in [1.82, 2.24) is 104 Å². The number of urea groups is 4. The molecule has 4 heterocycles. The van der Waals surface area contributed by atoms with Crippen LogP contribution in [0.3, 0.4) is 0 Å². The Hall–Kier alpha value is -15.7. The zero-order valence-electron chi connectivity index (χ0n) is 65.2. The Balaban J connectivity index is -0.000000740. The molecule has 12 amide bonds. The zero-order valence-corrected chi connectivity index (χ0v) is 65.2. The van der Waals surface area contributed by atoms with Crippen LogP contribution < -0.4 is 63.8 Å². The smallest absolute Gasteiger partial charge is 0.373 e. The summed E-state index contributed by atoms with van der Waals surface area (Å²) in [5.41, 5.74) is -0.368. The minimum absolute atomic E-state index is 0.00983. The molecule has 0 spiro atoms. The maximum absolute atomic E-state index is 13.3. The summed E-state index contributed by atoms with van der Waals surface area (Å²) in [5, 5.41) is 99.0. The number of aliphatic carboxylic acids is 8. The Labute approximate surface area is 696 Å². The van der Waals surface area contributed by atoms with E-state index in [0.717, 1.165) is 43.2 Å². The molecule has 0 unspecified atom stereocenters. The van der Waals surface area contributed by atoms with Gasteiger partial charge in [0.1, 0.15) is 29.9 Å². The molecule has 52 nitrogen and oxygen atoms in total. The maximum atomic E-state index is 13.3. The predicted octanol–water partition coefficient (Wildman–Crippen LogP) is -1.80. The van der Waals surface area contributed by atoms with Gasteiger partial charge in [-0.2, -0.15) is 56.5 Å². The number of unbranched alkanes of at least 4 members (excludes halogenated alkanes) is 8. The van der Waals surface area contributed by atoms with Crippen LogP contribution in [0.4, 0.5) is 36.7 Å². The van der Waals surface area contributed by atoms with Gasteiger partial charge in [-0.25, -0.2) is 77.6 Å². The Morgan fingerprint density at radius 2 is 0.597 bits per heavy atom. The third-order valence-corrected chi connectivity index (χ3v) is 14.1. The number of nitrogens with zero attached hydrogens (tertiary/aromatic N) is 8. The molecule has 680 valence electrons. The van der Waals surface area contributed by atoms with Gasteiger partial charge < -0.3 is 105 Å². The van der Waals surface area contributed by atoms with Crippen LogP contribution in [0.1, 0.15) is 171 Å². The van der Waals surface area contributed by atoms with Crippen molar-refractivity contribution in [3.05, 3.63) is 96.1 Å². The highest BCUT2D eigenvalue weighted by Crippen LogP contribution is 2.06. The average molecular weight is 1770 g/mol. The van der Waals surface area contributed by atoms with Gasteiger partial charge in [0.25, 0.3) is 23.6 Å². The molecule has 0 aliphatic carbocycles. The van der Waals surface area contributed by atoms with E-state index in [4.69, 9.17) is 79.2 Å². The van der Waals surface area contributed by atoms with E-state index in [2.05, 4.69) is 104 Å². The molecule has 4 atom stereocenters. The fourth-order valence-electron chi connectivity index (χ4n) is 8.37. The summed E-state index contributed by atoms with van der Waals surface area (Å²) in [6, 6.07) is -6.88. The predicted molar refractivity (Wildman–Crippen MR) is 392 cm³/mol. The van der Waals surface area contributed by atoms with Crippen LogP contribution in [0, 0.1) is 23.7 Å². The third kappa shape index (κ3) is 66.3. The van der Waals surface area contributed by atoms with E-state index in [1.807, 2.05) is 0 Å². The lowest BCUT2D eigenvalue weighted by Crippen LogP contribution is -2.46. The van der Waals surface area contributed by atoms with Gasteiger partial charge in [-0.3, -0.25) is 38.4 Å².